The molecular weight excluding hydrogens is 234 g/mol. The molecule has 3 atom stereocenters. The Kier molecular flexibility index (Phi) is 5.27. The molecule has 3 heteroatoms. The molecule has 2 aliphatic heterocycles. The van der Waals surface area contributed by atoms with Crippen LogP contribution in [0.2, 0.25) is 0 Å². The van der Waals surface area contributed by atoms with Gasteiger partial charge in [-0.1, -0.05) is 26.2 Å². The Morgan fingerprint density at radius 3 is 2.74 bits per heavy atom. The van der Waals surface area contributed by atoms with E-state index in [1.165, 1.54) is 58.2 Å². The minimum Gasteiger partial charge on any atom is -0.329 e. The average Bonchev–Trinajstić information content (AvgIpc) is 2.85. The minimum atomic E-state index is 0.212. The van der Waals surface area contributed by atoms with Crippen LogP contribution < -0.4 is 5.73 Å². The molecular formula is C16H33N3. The van der Waals surface area contributed by atoms with E-state index in [-0.39, 0.29) is 5.54 Å². The summed E-state index contributed by atoms with van der Waals surface area (Å²) in [5, 5.41) is 0. The van der Waals surface area contributed by atoms with Crippen LogP contribution in [-0.4, -0.2) is 53.6 Å². The first-order chi connectivity index (χ1) is 9.10. The van der Waals surface area contributed by atoms with E-state index in [1.807, 2.05) is 0 Å². The fourth-order valence-electron chi connectivity index (χ4n) is 4.06. The van der Waals surface area contributed by atoms with Crippen LogP contribution in [0.25, 0.3) is 0 Å². The van der Waals surface area contributed by atoms with Crippen molar-refractivity contribution in [3.63, 3.8) is 0 Å². The van der Waals surface area contributed by atoms with Gasteiger partial charge in [0.25, 0.3) is 0 Å². The summed E-state index contributed by atoms with van der Waals surface area (Å²) in [6.45, 7) is 11.7. The van der Waals surface area contributed by atoms with E-state index in [1.54, 1.807) is 0 Å². The summed E-state index contributed by atoms with van der Waals surface area (Å²) in [5.41, 5.74) is 6.38. The highest BCUT2D eigenvalue weighted by atomic mass is 15.3. The number of hydrogen-bond acceptors (Lipinski definition) is 3. The fraction of sp³-hybridized carbons (Fsp3) is 1.00. The van der Waals surface area contributed by atoms with Crippen molar-refractivity contribution in [1.29, 1.82) is 0 Å². The topological polar surface area (TPSA) is 32.5 Å². The van der Waals surface area contributed by atoms with Crippen LogP contribution in [0, 0.1) is 0 Å². The van der Waals surface area contributed by atoms with E-state index in [0.29, 0.717) is 6.04 Å². The van der Waals surface area contributed by atoms with Crippen molar-refractivity contribution >= 4 is 0 Å². The first-order valence-electron chi connectivity index (χ1n) is 8.31. The van der Waals surface area contributed by atoms with Gasteiger partial charge in [0.05, 0.1) is 0 Å². The smallest absolute Gasteiger partial charge is 0.0307 e. The number of piperazine rings is 1. The molecule has 2 saturated heterocycles. The van der Waals surface area contributed by atoms with E-state index in [9.17, 15) is 0 Å². The van der Waals surface area contributed by atoms with Gasteiger partial charge < -0.3 is 5.73 Å². The predicted molar refractivity (Wildman–Crippen MR) is 82.4 cm³/mol. The Morgan fingerprint density at radius 2 is 2.05 bits per heavy atom. The first kappa shape index (κ1) is 15.3. The Morgan fingerprint density at radius 1 is 1.26 bits per heavy atom. The lowest BCUT2D eigenvalue weighted by atomic mass is 9.89. The summed E-state index contributed by atoms with van der Waals surface area (Å²) in [5.74, 6) is 0. The first-order valence-corrected chi connectivity index (χ1v) is 8.31. The molecule has 0 bridgehead atoms. The molecule has 0 aromatic carbocycles. The zero-order chi connectivity index (χ0) is 13.9. The van der Waals surface area contributed by atoms with Crippen LogP contribution in [0.5, 0.6) is 0 Å². The lowest BCUT2D eigenvalue weighted by Gasteiger charge is -2.51. The summed E-state index contributed by atoms with van der Waals surface area (Å²) in [4.78, 5) is 5.43. The zero-order valence-corrected chi connectivity index (χ0v) is 13.2. The summed E-state index contributed by atoms with van der Waals surface area (Å²) in [6.07, 6.45) is 8.00. The maximum atomic E-state index is 6.16. The minimum absolute atomic E-state index is 0.212. The van der Waals surface area contributed by atoms with E-state index < -0.39 is 0 Å². The van der Waals surface area contributed by atoms with Gasteiger partial charge in [0, 0.05) is 37.3 Å². The summed E-state index contributed by atoms with van der Waals surface area (Å²) in [6, 6.07) is 1.46. The van der Waals surface area contributed by atoms with Crippen LogP contribution in [0.15, 0.2) is 0 Å². The Labute approximate surface area is 119 Å². The van der Waals surface area contributed by atoms with Crippen molar-refractivity contribution in [2.24, 2.45) is 5.73 Å². The van der Waals surface area contributed by atoms with Crippen molar-refractivity contribution in [1.82, 2.24) is 9.80 Å². The second kappa shape index (κ2) is 6.55. The van der Waals surface area contributed by atoms with Gasteiger partial charge in [0.15, 0.2) is 0 Å². The van der Waals surface area contributed by atoms with Crippen LogP contribution in [0.1, 0.15) is 59.3 Å². The molecule has 2 aliphatic rings. The number of hydrogen-bond donors (Lipinski definition) is 1. The summed E-state index contributed by atoms with van der Waals surface area (Å²) >= 11 is 0. The number of nitrogens with zero attached hydrogens (tertiary/aromatic N) is 2. The quantitative estimate of drug-likeness (QED) is 0.750. The van der Waals surface area contributed by atoms with Crippen molar-refractivity contribution < 1.29 is 0 Å². The molecule has 0 aromatic heterocycles. The van der Waals surface area contributed by atoms with Crippen molar-refractivity contribution in [2.75, 3.05) is 26.2 Å². The van der Waals surface area contributed by atoms with Gasteiger partial charge in [-0.25, -0.2) is 0 Å². The third kappa shape index (κ3) is 3.32. The highest BCUT2D eigenvalue weighted by Gasteiger charge is 2.41. The van der Waals surface area contributed by atoms with Crippen LogP contribution in [0.3, 0.4) is 0 Å². The monoisotopic (exact) mass is 267 g/mol. The largest absolute Gasteiger partial charge is 0.329 e. The molecule has 3 nitrogen and oxygen atoms in total. The molecule has 0 amide bonds. The lowest BCUT2D eigenvalue weighted by molar-refractivity contribution is -0.0172. The van der Waals surface area contributed by atoms with Crippen molar-refractivity contribution in [2.45, 2.75) is 76.9 Å². The second-order valence-electron chi connectivity index (χ2n) is 6.95. The number of fused-ring (bicyclic) bond motifs is 1. The Balaban J connectivity index is 1.99. The lowest BCUT2D eigenvalue weighted by Crippen LogP contribution is -2.64. The van der Waals surface area contributed by atoms with Gasteiger partial charge in [-0.15, -0.1) is 0 Å². The van der Waals surface area contributed by atoms with Gasteiger partial charge >= 0.3 is 0 Å². The summed E-state index contributed by atoms with van der Waals surface area (Å²) in [7, 11) is 0. The second-order valence-corrected chi connectivity index (χ2v) is 6.95. The molecule has 2 heterocycles. The highest BCUT2D eigenvalue weighted by molar-refractivity contribution is 4.98. The van der Waals surface area contributed by atoms with Crippen LogP contribution >= 0.6 is 0 Å². The molecule has 2 fully saturated rings. The maximum absolute atomic E-state index is 6.16. The van der Waals surface area contributed by atoms with Gasteiger partial charge in [0.2, 0.25) is 0 Å². The SMILES string of the molecule is CCCCCC(C)(CN)N1CC2CCCN2CC1C. The van der Waals surface area contributed by atoms with Gasteiger partial charge in [-0.3, -0.25) is 9.80 Å². The number of rotatable bonds is 6. The van der Waals surface area contributed by atoms with E-state index in [4.69, 9.17) is 5.73 Å². The number of nitrogens with two attached hydrogens (primary N) is 1. The number of unbranched alkanes of at least 4 members (excludes halogenated alkanes) is 2. The highest BCUT2D eigenvalue weighted by Crippen LogP contribution is 2.31. The molecule has 0 aliphatic carbocycles. The fourth-order valence-corrected chi connectivity index (χ4v) is 4.06. The standard InChI is InChI=1S/C16H33N3/c1-4-5-6-9-16(3,13-17)19-12-15-8-7-10-18(15)11-14(19)2/h14-15H,4-13,17H2,1-3H3. The molecule has 0 aromatic rings. The molecule has 2 rings (SSSR count). The zero-order valence-electron chi connectivity index (χ0n) is 13.2. The van der Waals surface area contributed by atoms with E-state index >= 15 is 0 Å². The van der Waals surface area contributed by atoms with Gasteiger partial charge in [0.1, 0.15) is 0 Å². The average molecular weight is 267 g/mol. The van der Waals surface area contributed by atoms with Gasteiger partial charge in [-0.2, -0.15) is 0 Å². The maximum Gasteiger partial charge on any atom is 0.0307 e. The molecule has 0 saturated carbocycles. The third-order valence-corrected chi connectivity index (χ3v) is 5.39. The van der Waals surface area contributed by atoms with Crippen LogP contribution in [-0.2, 0) is 0 Å². The van der Waals surface area contributed by atoms with E-state index in [0.717, 1.165) is 12.6 Å². The normalized spacial score (nSPS) is 32.2. The predicted octanol–water partition coefficient (Wildman–Crippen LogP) is 2.45. The molecule has 3 unspecified atom stereocenters. The summed E-state index contributed by atoms with van der Waals surface area (Å²) < 4.78 is 0. The van der Waals surface area contributed by atoms with Crippen molar-refractivity contribution in [3.05, 3.63) is 0 Å². The Hall–Kier alpha value is -0.120. The molecule has 2 N–H and O–H groups in total. The molecule has 0 radical (unpaired) electrons. The van der Waals surface area contributed by atoms with Crippen molar-refractivity contribution in [3.8, 4) is 0 Å². The molecule has 112 valence electrons. The molecule has 19 heavy (non-hydrogen) atoms. The van der Waals surface area contributed by atoms with E-state index in [2.05, 4.69) is 30.6 Å². The third-order valence-electron chi connectivity index (χ3n) is 5.39. The van der Waals surface area contributed by atoms with Crippen LogP contribution in [0.4, 0.5) is 0 Å². The molecule has 0 spiro atoms. The Bertz CT molecular complexity index is 281. The van der Waals surface area contributed by atoms with Gasteiger partial charge in [-0.05, 0) is 39.7 Å².